The summed E-state index contributed by atoms with van der Waals surface area (Å²) in [7, 11) is 1.58. The van der Waals surface area contributed by atoms with Gasteiger partial charge in [0.15, 0.2) is 0 Å². The van der Waals surface area contributed by atoms with E-state index in [1.165, 1.54) is 17.0 Å². The molecule has 0 unspecified atom stereocenters. The third kappa shape index (κ3) is 4.60. The third-order valence-corrected chi connectivity index (χ3v) is 3.55. The highest BCUT2D eigenvalue weighted by Crippen LogP contribution is 2.30. The molecule has 0 radical (unpaired) electrons. The van der Waals surface area contributed by atoms with Crippen molar-refractivity contribution in [3.63, 3.8) is 0 Å². The minimum Gasteiger partial charge on any atom is -0.444 e. The number of hydrogen-bond donors (Lipinski definition) is 1. The van der Waals surface area contributed by atoms with Gasteiger partial charge in [-0.05, 0) is 27.6 Å². The Morgan fingerprint density at radius 1 is 1.22 bits per heavy atom. The number of rotatable bonds is 6. The number of ether oxygens (including phenoxy) is 2. The molecule has 0 aliphatic carbocycles. The molecular weight excluding hydrogens is 352 g/mol. The van der Waals surface area contributed by atoms with Crippen molar-refractivity contribution in [1.29, 1.82) is 0 Å². The molecule has 0 atom stereocenters. The van der Waals surface area contributed by atoms with Crippen LogP contribution in [0.25, 0.3) is 0 Å². The number of carbonyl (C=O) groups is 1. The van der Waals surface area contributed by atoms with Crippen LogP contribution in [0, 0.1) is 10.1 Å². The number of benzene rings is 2. The van der Waals surface area contributed by atoms with Crippen molar-refractivity contribution in [2.24, 2.45) is 7.05 Å². The zero-order valence-corrected chi connectivity index (χ0v) is 14.4. The summed E-state index contributed by atoms with van der Waals surface area (Å²) in [6.07, 6.45) is 0.666. The van der Waals surface area contributed by atoms with Gasteiger partial charge in [0.25, 0.3) is 0 Å². The molecular formula is C18H16N4O5. The minimum atomic E-state index is -0.627. The fourth-order valence-corrected chi connectivity index (χ4v) is 2.28. The van der Waals surface area contributed by atoms with Crippen molar-refractivity contribution in [2.45, 2.75) is 6.61 Å². The number of nitrogens with zero attached hydrogens (tertiary/aromatic N) is 3. The third-order valence-electron chi connectivity index (χ3n) is 3.55. The van der Waals surface area contributed by atoms with Crippen molar-refractivity contribution in [3.05, 3.63) is 76.6 Å². The molecule has 0 saturated heterocycles. The van der Waals surface area contributed by atoms with Gasteiger partial charge in [-0.25, -0.2) is 4.79 Å². The van der Waals surface area contributed by atoms with Gasteiger partial charge in [0, 0.05) is 18.8 Å². The molecule has 0 fully saturated rings. The summed E-state index contributed by atoms with van der Waals surface area (Å²) < 4.78 is 12.1. The normalized spacial score (nSPS) is 10.3. The van der Waals surface area contributed by atoms with E-state index in [4.69, 9.17) is 9.47 Å². The lowest BCUT2D eigenvalue weighted by atomic mass is 10.2. The number of nitrogens with one attached hydrogen (secondary N) is 1. The molecule has 1 N–H and O–H groups in total. The van der Waals surface area contributed by atoms with E-state index >= 15 is 0 Å². The first kappa shape index (κ1) is 17.9. The van der Waals surface area contributed by atoms with Gasteiger partial charge in [0.05, 0.1) is 0 Å². The van der Waals surface area contributed by atoms with Crippen LogP contribution in [0.2, 0.25) is 0 Å². The second-order valence-electron chi connectivity index (χ2n) is 5.56. The molecule has 0 bridgehead atoms. The van der Waals surface area contributed by atoms with E-state index in [2.05, 4.69) is 10.3 Å². The maximum atomic E-state index is 11.9. The number of aromatic nitrogens is 2. The topological polar surface area (TPSA) is 109 Å². The monoisotopic (exact) mass is 368 g/mol. The van der Waals surface area contributed by atoms with E-state index in [0.29, 0.717) is 11.4 Å². The molecule has 3 aromatic rings. The second-order valence-corrected chi connectivity index (χ2v) is 5.56. The first-order valence-electron chi connectivity index (χ1n) is 7.94. The number of hydrogen-bond acceptors (Lipinski definition) is 6. The van der Waals surface area contributed by atoms with Crippen LogP contribution in [-0.4, -0.2) is 20.6 Å². The van der Waals surface area contributed by atoms with Crippen LogP contribution in [0.15, 0.2) is 60.9 Å². The van der Waals surface area contributed by atoms with Crippen LogP contribution in [0.4, 0.5) is 16.3 Å². The SMILES string of the molecule is Cn1cnc([N+](=O)[O-])c1Oc1cccc(NC(=O)OCc2ccccc2)c1. The van der Waals surface area contributed by atoms with Gasteiger partial charge in [0.1, 0.15) is 12.4 Å². The number of carbonyl (C=O) groups excluding carboxylic acids is 1. The second kappa shape index (κ2) is 8.00. The van der Waals surface area contributed by atoms with Gasteiger partial charge in [-0.1, -0.05) is 36.4 Å². The molecule has 0 saturated carbocycles. The Bertz CT molecular complexity index is 955. The van der Waals surface area contributed by atoms with E-state index in [0.717, 1.165) is 5.56 Å². The van der Waals surface area contributed by atoms with E-state index in [9.17, 15) is 14.9 Å². The van der Waals surface area contributed by atoms with E-state index in [1.54, 1.807) is 25.2 Å². The summed E-state index contributed by atoms with van der Waals surface area (Å²) in [6.45, 7) is 0.143. The fraction of sp³-hybridized carbons (Fsp3) is 0.111. The number of imidazole rings is 1. The Balaban J connectivity index is 1.64. The summed E-state index contributed by atoms with van der Waals surface area (Å²) in [5.41, 5.74) is 1.30. The van der Waals surface area contributed by atoms with E-state index in [1.807, 2.05) is 30.3 Å². The van der Waals surface area contributed by atoms with Gasteiger partial charge in [-0.2, -0.15) is 0 Å². The quantitative estimate of drug-likeness (QED) is 0.522. The Kier molecular flexibility index (Phi) is 5.31. The van der Waals surface area contributed by atoms with Crippen molar-refractivity contribution >= 4 is 17.6 Å². The average molecular weight is 368 g/mol. The van der Waals surface area contributed by atoms with Crippen molar-refractivity contribution in [1.82, 2.24) is 9.55 Å². The molecule has 0 aliphatic heterocycles. The lowest BCUT2D eigenvalue weighted by molar-refractivity contribution is -0.390. The molecule has 1 amide bonds. The lowest BCUT2D eigenvalue weighted by Gasteiger charge is -2.09. The molecule has 2 aromatic carbocycles. The summed E-state index contributed by atoms with van der Waals surface area (Å²) in [6, 6.07) is 15.7. The molecule has 9 nitrogen and oxygen atoms in total. The predicted molar refractivity (Wildman–Crippen MR) is 96.6 cm³/mol. The van der Waals surface area contributed by atoms with Gasteiger partial charge >= 0.3 is 17.8 Å². The molecule has 0 spiro atoms. The van der Waals surface area contributed by atoms with Crippen LogP contribution in [0.1, 0.15) is 5.56 Å². The lowest BCUT2D eigenvalue weighted by Crippen LogP contribution is -2.13. The average Bonchev–Trinajstić information content (AvgIpc) is 3.02. The summed E-state index contributed by atoms with van der Waals surface area (Å²) >= 11 is 0. The van der Waals surface area contributed by atoms with E-state index in [-0.39, 0.29) is 12.5 Å². The highest BCUT2D eigenvalue weighted by Gasteiger charge is 2.22. The molecule has 1 heterocycles. The number of nitro groups is 1. The summed E-state index contributed by atoms with van der Waals surface area (Å²) in [5, 5.41) is 13.6. The van der Waals surface area contributed by atoms with Crippen LogP contribution < -0.4 is 10.1 Å². The molecule has 3 rings (SSSR count). The first-order valence-corrected chi connectivity index (χ1v) is 7.94. The zero-order valence-electron chi connectivity index (χ0n) is 14.4. The van der Waals surface area contributed by atoms with Crippen LogP contribution in [0.5, 0.6) is 11.6 Å². The summed E-state index contributed by atoms with van der Waals surface area (Å²) in [4.78, 5) is 26.0. The van der Waals surface area contributed by atoms with Crippen molar-refractivity contribution in [2.75, 3.05) is 5.32 Å². The predicted octanol–water partition coefficient (Wildman–Crippen LogP) is 3.87. The van der Waals surface area contributed by atoms with Gasteiger partial charge in [0.2, 0.25) is 6.33 Å². The number of aryl methyl sites for hydroxylation is 1. The maximum Gasteiger partial charge on any atom is 0.427 e. The minimum absolute atomic E-state index is 0.0104. The van der Waals surface area contributed by atoms with Crippen molar-refractivity contribution < 1.29 is 19.2 Å². The summed E-state index contributed by atoms with van der Waals surface area (Å²) in [5.74, 6) is -0.0931. The number of amides is 1. The smallest absolute Gasteiger partial charge is 0.427 e. The maximum absolute atomic E-state index is 11.9. The standard InChI is InChI=1S/C18H16N4O5/c1-21-12-19-16(22(24)25)17(21)27-15-9-5-8-14(10-15)20-18(23)26-11-13-6-3-2-4-7-13/h2-10,12H,11H2,1H3,(H,20,23). The molecule has 138 valence electrons. The highest BCUT2D eigenvalue weighted by atomic mass is 16.6. The van der Waals surface area contributed by atoms with Crippen molar-refractivity contribution in [3.8, 4) is 11.6 Å². The zero-order chi connectivity index (χ0) is 19.2. The first-order chi connectivity index (χ1) is 13.0. The van der Waals surface area contributed by atoms with Crippen LogP contribution in [-0.2, 0) is 18.4 Å². The van der Waals surface area contributed by atoms with Crippen LogP contribution in [0.3, 0.4) is 0 Å². The Morgan fingerprint density at radius 2 is 2.00 bits per heavy atom. The largest absolute Gasteiger partial charge is 0.444 e. The van der Waals surface area contributed by atoms with Gasteiger partial charge in [-0.15, -0.1) is 0 Å². The fourth-order valence-electron chi connectivity index (χ4n) is 2.28. The number of anilines is 1. The molecule has 27 heavy (non-hydrogen) atoms. The Morgan fingerprint density at radius 3 is 2.74 bits per heavy atom. The van der Waals surface area contributed by atoms with Crippen LogP contribution >= 0.6 is 0 Å². The molecule has 0 aliphatic rings. The Labute approximate surface area is 154 Å². The van der Waals surface area contributed by atoms with Gasteiger partial charge < -0.3 is 19.6 Å². The Hall–Kier alpha value is -3.88. The van der Waals surface area contributed by atoms with E-state index < -0.39 is 16.8 Å². The highest BCUT2D eigenvalue weighted by molar-refractivity contribution is 5.84. The van der Waals surface area contributed by atoms with Gasteiger partial charge in [-0.3, -0.25) is 9.88 Å². The molecule has 1 aromatic heterocycles. The molecule has 9 heteroatoms.